The minimum absolute atomic E-state index is 0.0501. The summed E-state index contributed by atoms with van der Waals surface area (Å²) in [7, 11) is 0. The molecule has 0 aliphatic carbocycles. The molecule has 2 heterocycles. The molecule has 8 heteroatoms. The Morgan fingerprint density at radius 3 is 2.56 bits per heavy atom. The predicted octanol–water partition coefficient (Wildman–Crippen LogP) is 5.26. The highest BCUT2D eigenvalue weighted by Gasteiger charge is 2.31. The van der Waals surface area contributed by atoms with Gasteiger partial charge in [0.1, 0.15) is 5.54 Å². The molecule has 1 fully saturated rings. The van der Waals surface area contributed by atoms with Crippen LogP contribution in [0.2, 0.25) is 4.34 Å². The number of nitrogens with one attached hydrogen (secondary N) is 2. The molecule has 3 rings (SSSR count). The molecule has 1 aromatic carbocycles. The molecule has 0 radical (unpaired) electrons. The molecule has 1 unspecified atom stereocenters. The summed E-state index contributed by atoms with van der Waals surface area (Å²) in [5, 5.41) is 5.59. The van der Waals surface area contributed by atoms with Crippen LogP contribution in [0.15, 0.2) is 30.3 Å². The smallest absolute Gasteiger partial charge is 0.262 e. The number of thiophene rings is 1. The van der Waals surface area contributed by atoms with Crippen molar-refractivity contribution in [3.05, 3.63) is 50.7 Å². The molecule has 0 spiro atoms. The number of rotatable bonds is 6. The van der Waals surface area contributed by atoms with Gasteiger partial charge in [-0.3, -0.25) is 14.4 Å². The number of hydrogen-bond donors (Lipinski definition) is 2. The van der Waals surface area contributed by atoms with E-state index in [1.165, 1.54) is 0 Å². The Kier molecular flexibility index (Phi) is 7.62. The lowest BCUT2D eigenvalue weighted by Crippen LogP contribution is -2.52. The highest BCUT2D eigenvalue weighted by atomic mass is 35.5. The Bertz CT molecular complexity index is 1020. The van der Waals surface area contributed by atoms with E-state index in [-0.39, 0.29) is 23.8 Å². The van der Waals surface area contributed by atoms with Gasteiger partial charge >= 0.3 is 0 Å². The van der Waals surface area contributed by atoms with Gasteiger partial charge in [0.25, 0.3) is 11.8 Å². The van der Waals surface area contributed by atoms with E-state index in [4.69, 9.17) is 11.6 Å². The van der Waals surface area contributed by atoms with Crippen molar-refractivity contribution in [1.82, 2.24) is 10.2 Å². The first-order chi connectivity index (χ1) is 15.1. The lowest BCUT2D eigenvalue weighted by atomic mass is 9.97. The molecule has 2 N–H and O–H groups in total. The second-order valence-electron chi connectivity index (χ2n) is 8.72. The summed E-state index contributed by atoms with van der Waals surface area (Å²) < 4.78 is 0.511. The number of carbonyl (C=O) groups is 3. The third-order valence-electron chi connectivity index (χ3n) is 5.86. The van der Waals surface area contributed by atoms with Crippen LogP contribution in [0.4, 0.5) is 5.69 Å². The minimum Gasteiger partial charge on any atom is -0.337 e. The molecule has 1 saturated heterocycles. The van der Waals surface area contributed by atoms with Crippen LogP contribution in [0.25, 0.3) is 0 Å². The number of amides is 3. The summed E-state index contributed by atoms with van der Waals surface area (Å²) in [6.45, 7) is 8.07. The summed E-state index contributed by atoms with van der Waals surface area (Å²) in [6.07, 6.45) is 4.21. The molecule has 1 aromatic heterocycles. The van der Waals surface area contributed by atoms with Gasteiger partial charge in [-0.25, -0.2) is 0 Å². The largest absolute Gasteiger partial charge is 0.337 e. The zero-order valence-electron chi connectivity index (χ0n) is 19.0. The maximum Gasteiger partial charge on any atom is 0.262 e. The number of aryl methyl sites for hydroxylation is 1. The standard InChI is InChI=1S/C24H30ClN3O3S/c1-5-17-8-6-7-13-28(17)22(30)18-10-9-16(14-15(18)2)26-23(31)24(3,4)27-21(29)19-11-12-20(25)32-19/h9-12,14,17H,5-8,13H2,1-4H3,(H,26,31)(H,27,29). The fourth-order valence-electron chi connectivity index (χ4n) is 3.95. The Morgan fingerprint density at radius 2 is 1.94 bits per heavy atom. The van der Waals surface area contributed by atoms with Crippen molar-refractivity contribution >= 4 is 46.3 Å². The van der Waals surface area contributed by atoms with Crippen LogP contribution in [0.1, 0.15) is 72.0 Å². The van der Waals surface area contributed by atoms with Crippen molar-refractivity contribution in [2.45, 2.75) is 65.0 Å². The van der Waals surface area contributed by atoms with E-state index in [0.29, 0.717) is 20.5 Å². The van der Waals surface area contributed by atoms with Gasteiger partial charge in [0.15, 0.2) is 0 Å². The van der Waals surface area contributed by atoms with E-state index in [9.17, 15) is 14.4 Å². The van der Waals surface area contributed by atoms with Crippen molar-refractivity contribution in [1.29, 1.82) is 0 Å². The summed E-state index contributed by atoms with van der Waals surface area (Å²) >= 11 is 7.05. The van der Waals surface area contributed by atoms with Gasteiger partial charge in [-0.15, -0.1) is 11.3 Å². The third kappa shape index (κ3) is 5.51. The number of nitrogens with zero attached hydrogens (tertiary/aromatic N) is 1. The lowest BCUT2D eigenvalue weighted by Gasteiger charge is -2.35. The van der Waals surface area contributed by atoms with E-state index >= 15 is 0 Å². The van der Waals surface area contributed by atoms with Gasteiger partial charge in [0.2, 0.25) is 5.91 Å². The van der Waals surface area contributed by atoms with E-state index < -0.39 is 5.54 Å². The van der Waals surface area contributed by atoms with Crippen LogP contribution in [-0.2, 0) is 4.79 Å². The van der Waals surface area contributed by atoms with Gasteiger partial charge in [0.05, 0.1) is 9.21 Å². The summed E-state index contributed by atoms with van der Waals surface area (Å²) in [6, 6.07) is 8.87. The average molecular weight is 476 g/mol. The van der Waals surface area contributed by atoms with Crippen molar-refractivity contribution in [2.75, 3.05) is 11.9 Å². The third-order valence-corrected chi connectivity index (χ3v) is 7.09. The zero-order chi connectivity index (χ0) is 23.5. The number of halogens is 1. The second-order valence-corrected chi connectivity index (χ2v) is 10.4. The van der Waals surface area contributed by atoms with Gasteiger partial charge in [-0.05, 0) is 82.3 Å². The summed E-state index contributed by atoms with van der Waals surface area (Å²) in [4.78, 5) is 40.8. The van der Waals surface area contributed by atoms with E-state index in [0.717, 1.165) is 49.1 Å². The maximum atomic E-state index is 13.1. The highest BCUT2D eigenvalue weighted by molar-refractivity contribution is 7.18. The average Bonchev–Trinajstić information content (AvgIpc) is 3.19. The fourth-order valence-corrected chi connectivity index (χ4v) is 4.89. The Hall–Kier alpha value is -2.38. The normalized spacial score (nSPS) is 16.5. The molecular formula is C24H30ClN3O3S. The van der Waals surface area contributed by atoms with Crippen LogP contribution in [0, 0.1) is 6.92 Å². The Morgan fingerprint density at radius 1 is 1.19 bits per heavy atom. The molecule has 3 amide bonds. The van der Waals surface area contributed by atoms with E-state index in [1.807, 2.05) is 11.8 Å². The lowest BCUT2D eigenvalue weighted by molar-refractivity contribution is -0.120. The SMILES string of the molecule is CCC1CCCCN1C(=O)c1ccc(NC(=O)C(C)(C)NC(=O)c2ccc(Cl)s2)cc1C. The van der Waals surface area contributed by atoms with Gasteiger partial charge in [0, 0.05) is 23.8 Å². The molecule has 6 nitrogen and oxygen atoms in total. The first kappa shape index (κ1) is 24.3. The fraction of sp³-hybridized carbons (Fsp3) is 0.458. The molecule has 1 aliphatic rings. The number of anilines is 1. The molecule has 1 aliphatic heterocycles. The summed E-state index contributed by atoms with van der Waals surface area (Å²) in [5.74, 6) is -0.658. The Balaban J connectivity index is 1.68. The number of hydrogen-bond acceptors (Lipinski definition) is 4. The number of benzene rings is 1. The van der Waals surface area contributed by atoms with Crippen LogP contribution >= 0.6 is 22.9 Å². The Labute approximate surface area is 198 Å². The molecule has 172 valence electrons. The van der Waals surface area contributed by atoms with Crippen LogP contribution in [-0.4, -0.2) is 40.7 Å². The van der Waals surface area contributed by atoms with Crippen molar-refractivity contribution in [3.63, 3.8) is 0 Å². The van der Waals surface area contributed by atoms with Crippen molar-refractivity contribution in [3.8, 4) is 0 Å². The molecule has 1 atom stereocenters. The number of piperidine rings is 1. The molecule has 2 aromatic rings. The summed E-state index contributed by atoms with van der Waals surface area (Å²) in [5.41, 5.74) is 0.906. The highest BCUT2D eigenvalue weighted by Crippen LogP contribution is 2.25. The van der Waals surface area contributed by atoms with E-state index in [2.05, 4.69) is 17.6 Å². The van der Waals surface area contributed by atoms with Gasteiger partial charge in [-0.2, -0.15) is 0 Å². The number of carbonyl (C=O) groups excluding carboxylic acids is 3. The first-order valence-electron chi connectivity index (χ1n) is 10.9. The molecular weight excluding hydrogens is 446 g/mol. The van der Waals surface area contributed by atoms with E-state index in [1.54, 1.807) is 44.2 Å². The molecule has 0 bridgehead atoms. The maximum absolute atomic E-state index is 13.1. The van der Waals surface area contributed by atoms with Gasteiger partial charge in [-0.1, -0.05) is 18.5 Å². The van der Waals surface area contributed by atoms with Crippen molar-refractivity contribution < 1.29 is 14.4 Å². The second kappa shape index (κ2) is 10.0. The zero-order valence-corrected chi connectivity index (χ0v) is 20.5. The first-order valence-corrected chi connectivity index (χ1v) is 12.1. The van der Waals surface area contributed by atoms with Crippen LogP contribution in [0.5, 0.6) is 0 Å². The van der Waals surface area contributed by atoms with Gasteiger partial charge < -0.3 is 15.5 Å². The monoisotopic (exact) mass is 475 g/mol. The molecule has 0 saturated carbocycles. The van der Waals surface area contributed by atoms with Crippen molar-refractivity contribution in [2.24, 2.45) is 0 Å². The quantitative estimate of drug-likeness (QED) is 0.598. The number of likely N-dealkylation sites (tertiary alicyclic amines) is 1. The topological polar surface area (TPSA) is 78.5 Å². The predicted molar refractivity (Wildman–Crippen MR) is 130 cm³/mol. The molecule has 32 heavy (non-hydrogen) atoms. The van der Waals surface area contributed by atoms with Crippen LogP contribution in [0.3, 0.4) is 0 Å². The van der Waals surface area contributed by atoms with Crippen LogP contribution < -0.4 is 10.6 Å². The minimum atomic E-state index is -1.14.